The van der Waals surface area contributed by atoms with Crippen molar-refractivity contribution in [1.82, 2.24) is 24.3 Å². The maximum Gasteiger partial charge on any atom is 0.227 e. The molecule has 6 nitrogen and oxygen atoms in total. The van der Waals surface area contributed by atoms with Crippen molar-refractivity contribution in [3.63, 3.8) is 0 Å². The zero-order chi connectivity index (χ0) is 22.3. The van der Waals surface area contributed by atoms with Gasteiger partial charge in [0.05, 0.1) is 12.5 Å². The van der Waals surface area contributed by atoms with E-state index in [0.717, 1.165) is 69.1 Å². The third-order valence-electron chi connectivity index (χ3n) is 6.28. The number of imidazole rings is 1. The van der Waals surface area contributed by atoms with Crippen LogP contribution in [0.25, 0.3) is 11.1 Å². The molecule has 1 saturated heterocycles. The van der Waals surface area contributed by atoms with Crippen LogP contribution in [0.2, 0.25) is 0 Å². The molecule has 6 heteroatoms. The van der Waals surface area contributed by atoms with Crippen LogP contribution in [-0.4, -0.2) is 56.4 Å². The van der Waals surface area contributed by atoms with E-state index in [0.29, 0.717) is 0 Å². The summed E-state index contributed by atoms with van der Waals surface area (Å²) >= 11 is 0. The van der Waals surface area contributed by atoms with E-state index in [1.807, 2.05) is 24.7 Å². The molecule has 2 aromatic heterocycles. The van der Waals surface area contributed by atoms with Gasteiger partial charge in [-0.1, -0.05) is 37.3 Å². The van der Waals surface area contributed by atoms with E-state index < -0.39 is 0 Å². The second-order valence-electron chi connectivity index (χ2n) is 8.49. The van der Waals surface area contributed by atoms with Crippen molar-refractivity contribution in [2.24, 2.45) is 5.92 Å². The lowest BCUT2D eigenvalue weighted by Crippen LogP contribution is -2.38. The van der Waals surface area contributed by atoms with E-state index in [4.69, 9.17) is 0 Å². The Kier molecular flexibility index (Phi) is 7.32. The number of rotatable bonds is 8. The van der Waals surface area contributed by atoms with Crippen LogP contribution in [-0.2, 0) is 24.3 Å². The summed E-state index contributed by atoms with van der Waals surface area (Å²) in [6, 6.07) is 12.5. The Morgan fingerprint density at radius 2 is 1.94 bits per heavy atom. The van der Waals surface area contributed by atoms with Gasteiger partial charge in [-0.25, -0.2) is 4.98 Å². The Bertz CT molecular complexity index is 1020. The van der Waals surface area contributed by atoms with Crippen LogP contribution in [0, 0.1) is 5.92 Å². The van der Waals surface area contributed by atoms with Crippen molar-refractivity contribution in [3.8, 4) is 11.1 Å². The fourth-order valence-corrected chi connectivity index (χ4v) is 4.65. The largest absolute Gasteiger partial charge is 0.341 e. The summed E-state index contributed by atoms with van der Waals surface area (Å²) in [4.78, 5) is 26.8. The normalized spacial score (nSPS) is 17.5. The molecular weight excluding hydrogens is 398 g/mol. The highest BCUT2D eigenvalue weighted by Gasteiger charge is 2.31. The molecule has 168 valence electrons. The quantitative estimate of drug-likeness (QED) is 0.543. The molecule has 3 heterocycles. The molecule has 0 radical (unpaired) electrons. The van der Waals surface area contributed by atoms with Gasteiger partial charge in [-0.05, 0) is 37.0 Å². The van der Waals surface area contributed by atoms with Crippen LogP contribution in [0.3, 0.4) is 0 Å². The molecule has 1 amide bonds. The third kappa shape index (κ3) is 5.07. The minimum Gasteiger partial charge on any atom is -0.341 e. The zero-order valence-electron chi connectivity index (χ0n) is 19.2. The van der Waals surface area contributed by atoms with Gasteiger partial charge in [-0.15, -0.1) is 0 Å². The van der Waals surface area contributed by atoms with Gasteiger partial charge in [0, 0.05) is 63.1 Å². The molecular formula is C26H33N5O. The lowest BCUT2D eigenvalue weighted by atomic mass is 9.91. The van der Waals surface area contributed by atoms with Crippen LogP contribution in [0.15, 0.2) is 61.2 Å². The molecule has 32 heavy (non-hydrogen) atoms. The highest BCUT2D eigenvalue weighted by Crippen LogP contribution is 2.27. The predicted octanol–water partition coefficient (Wildman–Crippen LogP) is 3.88. The average molecular weight is 432 g/mol. The Balaban J connectivity index is 1.59. The second-order valence-corrected chi connectivity index (χ2v) is 8.49. The van der Waals surface area contributed by atoms with Gasteiger partial charge in [-0.2, -0.15) is 0 Å². The van der Waals surface area contributed by atoms with Gasteiger partial charge in [-0.3, -0.25) is 14.7 Å². The first-order chi connectivity index (χ1) is 15.7. The summed E-state index contributed by atoms with van der Waals surface area (Å²) in [6.45, 7) is 9.18. The molecule has 0 saturated carbocycles. The summed E-state index contributed by atoms with van der Waals surface area (Å²) in [5.41, 5.74) is 3.45. The van der Waals surface area contributed by atoms with Gasteiger partial charge >= 0.3 is 0 Å². The van der Waals surface area contributed by atoms with Gasteiger partial charge in [0.2, 0.25) is 5.91 Å². The molecule has 1 fully saturated rings. The van der Waals surface area contributed by atoms with Gasteiger partial charge in [0.15, 0.2) is 0 Å². The van der Waals surface area contributed by atoms with Crippen molar-refractivity contribution in [2.45, 2.75) is 39.8 Å². The number of pyridine rings is 1. The van der Waals surface area contributed by atoms with Crippen molar-refractivity contribution in [2.75, 3.05) is 26.2 Å². The van der Waals surface area contributed by atoms with Crippen LogP contribution >= 0.6 is 0 Å². The summed E-state index contributed by atoms with van der Waals surface area (Å²) in [5.74, 6) is 1.26. The van der Waals surface area contributed by atoms with Gasteiger partial charge in [0.1, 0.15) is 5.82 Å². The molecule has 1 atom stereocenters. The Morgan fingerprint density at radius 3 is 2.72 bits per heavy atom. The molecule has 0 aliphatic carbocycles. The first-order valence-electron chi connectivity index (χ1n) is 11.7. The van der Waals surface area contributed by atoms with Gasteiger partial charge < -0.3 is 9.47 Å². The Morgan fingerprint density at radius 1 is 1.06 bits per heavy atom. The van der Waals surface area contributed by atoms with E-state index >= 15 is 0 Å². The fourth-order valence-electron chi connectivity index (χ4n) is 4.65. The second kappa shape index (κ2) is 10.6. The topological polar surface area (TPSA) is 54.3 Å². The number of aryl methyl sites for hydroxylation is 1. The number of hydrogen-bond acceptors (Lipinski definition) is 4. The molecule has 1 aliphatic rings. The number of carbonyl (C=O) groups excluding carboxylic acids is 1. The van der Waals surface area contributed by atoms with E-state index in [2.05, 4.69) is 68.5 Å². The summed E-state index contributed by atoms with van der Waals surface area (Å²) < 4.78 is 2.18. The van der Waals surface area contributed by atoms with Crippen LogP contribution in [0.1, 0.15) is 31.7 Å². The van der Waals surface area contributed by atoms with Gasteiger partial charge in [0.25, 0.3) is 0 Å². The standard InChI is InChI=1S/C26H33N5O/c1-3-13-31-16-15-29(20-25-28-12-14-30(25)4-2)19-23(26(31)32)17-21-8-5-6-10-24(21)22-9-7-11-27-18-22/h5-12,14,18,23H,3-4,13,15-17,19-20H2,1-2H3/t23-/m1/s1. The van der Waals surface area contributed by atoms with Crippen molar-refractivity contribution in [1.29, 1.82) is 0 Å². The Labute approximate surface area is 190 Å². The van der Waals surface area contributed by atoms with Crippen molar-refractivity contribution < 1.29 is 4.79 Å². The minimum absolute atomic E-state index is 0.0769. The van der Waals surface area contributed by atoms with Crippen molar-refractivity contribution in [3.05, 3.63) is 72.6 Å². The zero-order valence-corrected chi connectivity index (χ0v) is 19.2. The molecule has 0 N–H and O–H groups in total. The molecule has 3 aromatic rings. The molecule has 0 unspecified atom stereocenters. The van der Waals surface area contributed by atoms with Crippen LogP contribution < -0.4 is 0 Å². The Hall–Kier alpha value is -2.99. The molecule has 0 spiro atoms. The summed E-state index contributed by atoms with van der Waals surface area (Å²) in [7, 11) is 0. The SMILES string of the molecule is CCCN1CCN(Cc2nccn2CC)C[C@@H](Cc2ccccc2-c2cccnc2)C1=O. The molecule has 1 aromatic carbocycles. The third-order valence-corrected chi connectivity index (χ3v) is 6.28. The van der Waals surface area contributed by atoms with Crippen molar-refractivity contribution >= 4 is 5.91 Å². The maximum absolute atomic E-state index is 13.5. The number of benzene rings is 1. The van der Waals surface area contributed by atoms with E-state index in [1.165, 1.54) is 5.56 Å². The highest BCUT2D eigenvalue weighted by molar-refractivity contribution is 5.80. The van der Waals surface area contributed by atoms with E-state index in [9.17, 15) is 4.79 Å². The number of aromatic nitrogens is 3. The number of hydrogen-bond donors (Lipinski definition) is 0. The fraction of sp³-hybridized carbons (Fsp3) is 0.423. The molecule has 4 rings (SSSR count). The minimum atomic E-state index is -0.0769. The van der Waals surface area contributed by atoms with Crippen LogP contribution in [0.4, 0.5) is 0 Å². The highest BCUT2D eigenvalue weighted by atomic mass is 16.2. The average Bonchev–Trinajstić information content (AvgIpc) is 3.23. The van der Waals surface area contributed by atoms with Crippen LogP contribution in [0.5, 0.6) is 0 Å². The smallest absolute Gasteiger partial charge is 0.227 e. The first-order valence-corrected chi connectivity index (χ1v) is 11.7. The summed E-state index contributed by atoms with van der Waals surface area (Å²) in [6.07, 6.45) is 9.29. The number of amides is 1. The lowest BCUT2D eigenvalue weighted by molar-refractivity contribution is -0.134. The maximum atomic E-state index is 13.5. The van der Waals surface area contributed by atoms with E-state index in [-0.39, 0.29) is 11.8 Å². The predicted molar refractivity (Wildman–Crippen MR) is 127 cm³/mol. The molecule has 1 aliphatic heterocycles. The summed E-state index contributed by atoms with van der Waals surface area (Å²) in [5, 5.41) is 0. The first kappa shape index (κ1) is 22.2. The number of nitrogens with zero attached hydrogens (tertiary/aromatic N) is 5. The number of carbonyl (C=O) groups is 1. The van der Waals surface area contributed by atoms with E-state index in [1.54, 1.807) is 6.20 Å². The molecule has 0 bridgehead atoms. The lowest BCUT2D eigenvalue weighted by Gasteiger charge is -2.24. The monoisotopic (exact) mass is 431 g/mol.